The molecule has 15 atom stereocenters. The molecular weight excluding hydrogens is 480 g/mol. The second-order valence-corrected chi connectivity index (χ2v) is 8.92. The molecule has 3 aliphatic rings. The number of carbonyl (C=O) groups is 1. The Morgan fingerprint density at radius 1 is 0.714 bits per heavy atom. The fraction of sp³-hybridized carbons (Fsp3) is 0.950. The van der Waals surface area contributed by atoms with E-state index in [9.17, 15) is 40.5 Å². The lowest BCUT2D eigenvalue weighted by Gasteiger charge is -2.46. The van der Waals surface area contributed by atoms with Gasteiger partial charge in [-0.1, -0.05) is 0 Å². The monoisotopic (exact) mass is 514 g/mol. The van der Waals surface area contributed by atoms with Crippen LogP contribution >= 0.6 is 0 Å². The van der Waals surface area contributed by atoms with Gasteiger partial charge in [-0.05, 0) is 13.8 Å². The summed E-state index contributed by atoms with van der Waals surface area (Å²) in [6, 6.07) is 0. The molecule has 0 aromatic heterocycles. The largest absolute Gasteiger partial charge is 0.479 e. The summed E-state index contributed by atoms with van der Waals surface area (Å²) in [6.07, 6.45) is -21.4. The number of carboxylic acids is 1. The molecule has 3 rings (SSSR count). The van der Waals surface area contributed by atoms with Crippen molar-refractivity contribution in [1.29, 1.82) is 0 Å². The quantitative estimate of drug-likeness (QED) is 0.159. The van der Waals surface area contributed by atoms with Crippen LogP contribution in [0.25, 0.3) is 0 Å². The molecule has 0 bridgehead atoms. The molecule has 35 heavy (non-hydrogen) atoms. The number of carboxylic acid groups (broad SMARTS) is 1. The molecule has 3 saturated heterocycles. The zero-order chi connectivity index (χ0) is 26.2. The van der Waals surface area contributed by atoms with E-state index in [1.54, 1.807) is 13.8 Å². The minimum atomic E-state index is -1.92. The SMILES string of the molecule is COC1C(O[C@H]2OC(CO[C@H]3OC(C(=O)O)[C@@H](O)C(O)C3O)[C@@H](O)[C@H](O)C2O)C(C)OC(C)[C@@H]1O. The van der Waals surface area contributed by atoms with Crippen LogP contribution in [0.4, 0.5) is 0 Å². The summed E-state index contributed by atoms with van der Waals surface area (Å²) < 4.78 is 32.6. The third kappa shape index (κ3) is 5.77. The summed E-state index contributed by atoms with van der Waals surface area (Å²) in [5.74, 6) is -1.61. The first-order chi connectivity index (χ1) is 16.4. The van der Waals surface area contributed by atoms with E-state index in [0.717, 1.165) is 0 Å². The Hall–Kier alpha value is -1.05. The van der Waals surface area contributed by atoms with Crippen LogP contribution in [0.2, 0.25) is 0 Å². The number of aliphatic hydroxyl groups is 7. The Morgan fingerprint density at radius 2 is 1.31 bits per heavy atom. The molecule has 8 N–H and O–H groups in total. The van der Waals surface area contributed by atoms with Crippen LogP contribution in [-0.4, -0.2) is 152 Å². The van der Waals surface area contributed by atoms with Gasteiger partial charge in [0.15, 0.2) is 18.7 Å². The van der Waals surface area contributed by atoms with Crippen molar-refractivity contribution in [2.75, 3.05) is 13.7 Å². The average molecular weight is 514 g/mol. The van der Waals surface area contributed by atoms with Crippen LogP contribution in [0.15, 0.2) is 0 Å². The Kier molecular flexibility index (Phi) is 9.42. The standard InChI is InChI=1S/C20H34O15/c1-5-8(21)16(30-3)15(6(2)32-5)34-20-14(27)10(23)9(22)7(33-20)4-31-19-13(26)11(24)12(25)17(35-19)18(28)29/h5-17,19-27H,4H2,1-3H3,(H,28,29)/t5?,6?,7?,8-,9+,10-,11?,12-,13?,14?,15?,16?,17?,19-,20+/m0/s1. The lowest BCUT2D eigenvalue weighted by Crippen LogP contribution is -2.64. The van der Waals surface area contributed by atoms with Crippen LogP contribution < -0.4 is 0 Å². The first-order valence-electron chi connectivity index (χ1n) is 11.1. The molecule has 15 heteroatoms. The van der Waals surface area contributed by atoms with E-state index in [0.29, 0.717) is 0 Å². The Labute approximate surface area is 200 Å². The topological polar surface area (TPSA) is 234 Å². The van der Waals surface area contributed by atoms with Gasteiger partial charge in [-0.3, -0.25) is 0 Å². The van der Waals surface area contributed by atoms with Gasteiger partial charge in [-0.25, -0.2) is 4.79 Å². The van der Waals surface area contributed by atoms with E-state index in [-0.39, 0.29) is 0 Å². The predicted molar refractivity (Wildman–Crippen MR) is 109 cm³/mol. The first kappa shape index (κ1) is 28.5. The summed E-state index contributed by atoms with van der Waals surface area (Å²) in [5, 5.41) is 80.3. The van der Waals surface area contributed by atoms with E-state index in [4.69, 9.17) is 33.5 Å². The second-order valence-electron chi connectivity index (χ2n) is 8.92. The number of methoxy groups -OCH3 is 1. The highest BCUT2D eigenvalue weighted by Crippen LogP contribution is 2.31. The predicted octanol–water partition coefficient (Wildman–Crippen LogP) is -4.73. The van der Waals surface area contributed by atoms with Crippen molar-refractivity contribution in [2.24, 2.45) is 0 Å². The third-order valence-corrected chi connectivity index (χ3v) is 6.50. The van der Waals surface area contributed by atoms with Crippen molar-refractivity contribution in [3.8, 4) is 0 Å². The highest BCUT2D eigenvalue weighted by atomic mass is 16.7. The highest BCUT2D eigenvalue weighted by molar-refractivity contribution is 5.73. The number of hydrogen-bond acceptors (Lipinski definition) is 14. The third-order valence-electron chi connectivity index (χ3n) is 6.50. The summed E-state index contributed by atoms with van der Waals surface area (Å²) in [7, 11) is 1.35. The van der Waals surface area contributed by atoms with Crippen LogP contribution in [0.3, 0.4) is 0 Å². The van der Waals surface area contributed by atoms with E-state index < -0.39 is 105 Å². The van der Waals surface area contributed by atoms with E-state index in [1.807, 2.05) is 0 Å². The second kappa shape index (κ2) is 11.6. The Bertz CT molecular complexity index is 710. The van der Waals surface area contributed by atoms with Gasteiger partial charge in [0.05, 0.1) is 18.8 Å². The molecule has 3 aliphatic heterocycles. The molecule has 0 saturated carbocycles. The van der Waals surface area contributed by atoms with Gasteiger partial charge in [-0.15, -0.1) is 0 Å². The summed E-state index contributed by atoms with van der Waals surface area (Å²) in [5.41, 5.74) is 0. The normalized spacial score (nSPS) is 51.2. The van der Waals surface area contributed by atoms with Gasteiger partial charge < -0.3 is 69.3 Å². The summed E-state index contributed by atoms with van der Waals surface area (Å²) in [4.78, 5) is 11.2. The molecule has 0 aromatic rings. The number of ether oxygens (including phenoxy) is 6. The van der Waals surface area contributed by atoms with E-state index in [1.165, 1.54) is 7.11 Å². The van der Waals surface area contributed by atoms with Gasteiger partial charge in [0, 0.05) is 7.11 Å². The van der Waals surface area contributed by atoms with Gasteiger partial charge in [-0.2, -0.15) is 0 Å². The van der Waals surface area contributed by atoms with E-state index >= 15 is 0 Å². The van der Waals surface area contributed by atoms with Crippen molar-refractivity contribution in [1.82, 2.24) is 0 Å². The lowest BCUT2D eigenvalue weighted by molar-refractivity contribution is -0.350. The molecule has 0 aliphatic carbocycles. The van der Waals surface area contributed by atoms with Crippen LogP contribution in [0, 0.1) is 0 Å². The van der Waals surface area contributed by atoms with Crippen LogP contribution in [0.1, 0.15) is 13.8 Å². The maximum Gasteiger partial charge on any atom is 0.335 e. The van der Waals surface area contributed by atoms with Crippen molar-refractivity contribution in [3.63, 3.8) is 0 Å². The number of aliphatic hydroxyl groups excluding tert-OH is 7. The molecule has 3 fully saturated rings. The fourth-order valence-electron chi connectivity index (χ4n) is 4.39. The van der Waals surface area contributed by atoms with Gasteiger partial charge in [0.25, 0.3) is 0 Å². The van der Waals surface area contributed by atoms with Gasteiger partial charge in [0.2, 0.25) is 0 Å². The molecule has 0 aromatic carbocycles. The van der Waals surface area contributed by atoms with Gasteiger partial charge in [0.1, 0.15) is 61.0 Å². The Balaban J connectivity index is 1.68. The highest BCUT2D eigenvalue weighted by Gasteiger charge is 2.51. The Morgan fingerprint density at radius 3 is 1.91 bits per heavy atom. The van der Waals surface area contributed by atoms with Crippen molar-refractivity contribution in [2.45, 2.75) is 106 Å². The molecular formula is C20H34O15. The molecule has 204 valence electrons. The average Bonchev–Trinajstić information content (AvgIpc) is 2.81. The number of rotatable bonds is 7. The summed E-state index contributed by atoms with van der Waals surface area (Å²) in [6.45, 7) is 2.70. The van der Waals surface area contributed by atoms with Crippen molar-refractivity contribution >= 4 is 5.97 Å². The first-order valence-corrected chi connectivity index (χ1v) is 11.1. The molecule has 15 nitrogen and oxygen atoms in total. The minimum absolute atomic E-state index is 0.564. The van der Waals surface area contributed by atoms with Crippen LogP contribution in [0.5, 0.6) is 0 Å². The van der Waals surface area contributed by atoms with E-state index in [2.05, 4.69) is 0 Å². The number of hydrogen-bond donors (Lipinski definition) is 8. The number of aliphatic carboxylic acids is 1. The maximum absolute atomic E-state index is 11.2. The van der Waals surface area contributed by atoms with Gasteiger partial charge >= 0.3 is 5.97 Å². The molecule has 3 heterocycles. The lowest BCUT2D eigenvalue weighted by atomic mass is 9.95. The molecule has 0 radical (unpaired) electrons. The van der Waals surface area contributed by atoms with Crippen molar-refractivity contribution < 1.29 is 74.1 Å². The summed E-state index contributed by atoms with van der Waals surface area (Å²) >= 11 is 0. The molecule has 0 spiro atoms. The molecule has 0 amide bonds. The smallest absolute Gasteiger partial charge is 0.335 e. The van der Waals surface area contributed by atoms with Crippen LogP contribution in [-0.2, 0) is 33.2 Å². The molecule has 9 unspecified atom stereocenters. The maximum atomic E-state index is 11.2. The van der Waals surface area contributed by atoms with Crippen molar-refractivity contribution in [3.05, 3.63) is 0 Å². The minimum Gasteiger partial charge on any atom is -0.479 e. The zero-order valence-electron chi connectivity index (χ0n) is 19.3. The zero-order valence-corrected chi connectivity index (χ0v) is 19.3. The fourth-order valence-corrected chi connectivity index (χ4v) is 4.39.